The van der Waals surface area contributed by atoms with Crippen molar-refractivity contribution in [2.24, 2.45) is 0 Å². The van der Waals surface area contributed by atoms with E-state index < -0.39 is 77.5 Å². The minimum absolute atomic E-state index is 0.00889. The molecule has 0 N–H and O–H groups in total. The molecule has 0 spiro atoms. The molecule has 10 nitrogen and oxygen atoms in total. The maximum absolute atomic E-state index is 6.84. The van der Waals surface area contributed by atoms with Gasteiger partial charge in [0.05, 0.1) is 0 Å². The minimum Gasteiger partial charge on any atom is -0.437 e. The average Bonchev–Trinajstić information content (AvgIpc) is 2.62. The topological polar surface area (TPSA) is 92.3 Å². The van der Waals surface area contributed by atoms with Crippen LogP contribution in [-0.4, -0.2) is 98.9 Å². The molecule has 1 atom stereocenters. The smallest absolute Gasteiger partial charge is 0.437 e. The second kappa shape index (κ2) is 14.8. The summed E-state index contributed by atoms with van der Waals surface area (Å²) in [7, 11) is -16.4. The van der Waals surface area contributed by atoms with Gasteiger partial charge in [-0.05, 0) is 105 Å². The van der Waals surface area contributed by atoms with Crippen molar-refractivity contribution in [3.8, 4) is 0 Å². The van der Waals surface area contributed by atoms with Crippen LogP contribution in [0.1, 0.15) is 6.92 Å². The predicted octanol–water partition coefficient (Wildman–Crippen LogP) is 6.58. The van der Waals surface area contributed by atoms with E-state index >= 15 is 0 Å². The first kappa shape index (κ1) is 41.6. The predicted molar refractivity (Wildman–Crippen MR) is 184 cm³/mol. The van der Waals surface area contributed by atoms with Gasteiger partial charge in [0.15, 0.2) is 17.4 Å². The van der Waals surface area contributed by atoms with E-state index in [1.165, 1.54) is 0 Å². The lowest BCUT2D eigenvalue weighted by molar-refractivity contribution is 0.119. The van der Waals surface area contributed by atoms with Gasteiger partial charge in [-0.2, -0.15) is 0 Å². The van der Waals surface area contributed by atoms with Crippen LogP contribution in [0.25, 0.3) is 0 Å². The first-order chi connectivity index (χ1) is 17.5. The van der Waals surface area contributed by atoms with Crippen molar-refractivity contribution in [2.45, 2.75) is 117 Å². The monoisotopic (exact) mass is 725 g/mol. The SMILES string of the molecule is CO[Si](OC)(OC)C(C)[Si](C)(C)O[Si](C)(C)O[Si](C)(C)O[Si](C)(C)O[Si](C)(C)O[Si](C)(C)O[Si](C)(C)O[Si](C)C. The quantitative estimate of drug-likeness (QED) is 0.136. The molecule has 0 aromatic rings. The van der Waals surface area contributed by atoms with Crippen LogP contribution in [0.3, 0.4) is 0 Å². The van der Waals surface area contributed by atoms with Crippen molar-refractivity contribution in [2.75, 3.05) is 21.3 Å². The summed E-state index contributed by atoms with van der Waals surface area (Å²) in [5, 5.41) is 0.00889. The van der Waals surface area contributed by atoms with Gasteiger partial charge in [-0.15, -0.1) is 0 Å². The van der Waals surface area contributed by atoms with Crippen LogP contribution in [0.4, 0.5) is 0 Å². The fourth-order valence-corrected chi connectivity index (χ4v) is 48.7. The van der Waals surface area contributed by atoms with Gasteiger partial charge in [0.25, 0.3) is 0 Å². The first-order valence-corrected chi connectivity index (χ1v) is 37.9. The third-order valence-electron chi connectivity index (χ3n) is 5.84. The van der Waals surface area contributed by atoms with Crippen LogP contribution in [0.15, 0.2) is 0 Å². The third-order valence-corrected chi connectivity index (χ3v) is 41.2. The summed E-state index contributed by atoms with van der Waals surface area (Å²) < 4.78 is 63.6. The molecule has 0 aliphatic carbocycles. The Morgan fingerprint density at radius 3 is 0.925 bits per heavy atom. The van der Waals surface area contributed by atoms with Gasteiger partial charge >= 0.3 is 60.2 Å². The van der Waals surface area contributed by atoms with Crippen molar-refractivity contribution < 1.29 is 42.1 Å². The minimum atomic E-state index is -2.87. The van der Waals surface area contributed by atoms with E-state index in [2.05, 4.69) is 112 Å². The Morgan fingerprint density at radius 1 is 0.425 bits per heavy atom. The molecule has 19 heteroatoms. The van der Waals surface area contributed by atoms with Crippen molar-refractivity contribution in [3.05, 3.63) is 0 Å². The lowest BCUT2D eigenvalue weighted by Crippen LogP contribution is -2.63. The number of rotatable bonds is 19. The molecule has 0 aliphatic heterocycles. The lowest BCUT2D eigenvalue weighted by atomic mass is 10.9. The molecule has 241 valence electrons. The maximum Gasteiger partial charge on any atom is 0.502 e. The van der Waals surface area contributed by atoms with Gasteiger partial charge in [0, 0.05) is 26.5 Å². The largest absolute Gasteiger partial charge is 0.502 e. The van der Waals surface area contributed by atoms with Gasteiger partial charge in [0.1, 0.15) is 0 Å². The van der Waals surface area contributed by atoms with E-state index in [1.807, 2.05) is 0 Å². The molecule has 0 saturated heterocycles. The molecule has 40 heavy (non-hydrogen) atoms. The van der Waals surface area contributed by atoms with Gasteiger partial charge in [-0.1, -0.05) is 6.92 Å². The fourth-order valence-electron chi connectivity index (χ4n) is 5.50. The third kappa shape index (κ3) is 14.6. The first-order valence-electron chi connectivity index (χ1n) is 13.8. The van der Waals surface area contributed by atoms with Crippen molar-refractivity contribution in [1.82, 2.24) is 0 Å². The molecule has 0 bridgehead atoms. The number of hydrogen-bond acceptors (Lipinski definition) is 10. The fraction of sp³-hybridized carbons (Fsp3) is 1.00. The highest BCUT2D eigenvalue weighted by Crippen LogP contribution is 2.36. The van der Waals surface area contributed by atoms with Gasteiger partial charge in [-0.25, -0.2) is 0 Å². The van der Waals surface area contributed by atoms with Crippen LogP contribution in [0.2, 0.25) is 110 Å². The summed E-state index contributed by atoms with van der Waals surface area (Å²) in [6.45, 7) is 35.6. The second-order valence-corrected chi connectivity index (χ2v) is 45.8. The van der Waals surface area contributed by atoms with Crippen molar-refractivity contribution in [1.29, 1.82) is 0 Å². The van der Waals surface area contributed by atoms with Crippen molar-refractivity contribution in [3.63, 3.8) is 0 Å². The molecule has 0 amide bonds. The van der Waals surface area contributed by atoms with Crippen LogP contribution in [0.5, 0.6) is 0 Å². The molecule has 0 saturated carbocycles. The van der Waals surface area contributed by atoms with E-state index in [0.29, 0.717) is 0 Å². The summed E-state index contributed by atoms with van der Waals surface area (Å²) in [5.74, 6) is 0. The molecule has 1 radical (unpaired) electrons. The molecule has 0 heterocycles. The standard InChI is InChI=1S/C21H61O10Si9/c1-21(40(22-2,23-3)24-4)33(7,8)26-35(11,12)28-37(15,16)30-39(19,20)31-38(17,18)29-36(13,14)27-34(9,10)25-32(5)6/h21H,1-20H3. The Labute approximate surface area is 256 Å². The molecule has 0 rings (SSSR count). The average molecular weight is 726 g/mol. The number of hydrogen-bond donors (Lipinski definition) is 0. The van der Waals surface area contributed by atoms with E-state index in [-0.39, 0.29) is 5.16 Å². The van der Waals surface area contributed by atoms with Crippen LogP contribution in [0, 0.1) is 0 Å². The summed E-state index contributed by atoms with van der Waals surface area (Å²) >= 11 is 0. The lowest BCUT2D eigenvalue weighted by Gasteiger charge is -2.45. The molecule has 0 fully saturated rings. The second-order valence-electron chi connectivity index (χ2n) is 13.6. The molecular weight excluding hydrogens is 665 g/mol. The summed E-state index contributed by atoms with van der Waals surface area (Å²) in [6.07, 6.45) is 0. The van der Waals surface area contributed by atoms with E-state index in [9.17, 15) is 0 Å². The highest BCUT2D eigenvalue weighted by Gasteiger charge is 2.56. The van der Waals surface area contributed by atoms with E-state index in [4.69, 9.17) is 42.1 Å². The Balaban J connectivity index is 5.54. The van der Waals surface area contributed by atoms with Gasteiger partial charge in [0.2, 0.25) is 0 Å². The molecular formula is C21H61O10Si9. The molecule has 1 unspecified atom stereocenters. The normalized spacial score (nSPS) is 16.1. The summed E-state index contributed by atoms with van der Waals surface area (Å²) in [6, 6.07) is 0. The molecule has 0 aromatic carbocycles. The zero-order valence-electron chi connectivity index (χ0n) is 29.2. The Kier molecular flexibility index (Phi) is 15.3. The van der Waals surface area contributed by atoms with E-state index in [0.717, 1.165) is 0 Å². The van der Waals surface area contributed by atoms with Gasteiger partial charge < -0.3 is 42.1 Å². The maximum atomic E-state index is 6.84. The molecule has 0 aliphatic rings. The highest BCUT2D eigenvalue weighted by molar-refractivity contribution is 6.94. The molecule has 0 aromatic heterocycles. The van der Waals surface area contributed by atoms with Crippen LogP contribution in [-0.2, 0) is 42.1 Å². The summed E-state index contributed by atoms with van der Waals surface area (Å²) in [4.78, 5) is 0. The Hall–Kier alpha value is 1.55. The van der Waals surface area contributed by atoms with E-state index in [1.54, 1.807) is 21.3 Å². The zero-order chi connectivity index (χ0) is 32.2. The zero-order valence-corrected chi connectivity index (χ0v) is 38.2. The van der Waals surface area contributed by atoms with Crippen LogP contribution >= 0.6 is 0 Å². The summed E-state index contributed by atoms with van der Waals surface area (Å²) in [5.41, 5.74) is 0. The highest BCUT2D eigenvalue weighted by atomic mass is 28.5. The Bertz CT molecular complexity index is 783. The van der Waals surface area contributed by atoms with Gasteiger partial charge in [-0.3, -0.25) is 0 Å². The van der Waals surface area contributed by atoms with Crippen LogP contribution < -0.4 is 0 Å². The Morgan fingerprint density at radius 2 is 0.675 bits per heavy atom. The van der Waals surface area contributed by atoms with Crippen molar-refractivity contribution >= 4 is 77.5 Å².